The maximum absolute atomic E-state index is 12.4. The van der Waals surface area contributed by atoms with Crippen molar-refractivity contribution in [2.24, 2.45) is 0 Å². The molecule has 2 rings (SSSR count). The van der Waals surface area contributed by atoms with E-state index in [1.54, 1.807) is 11.1 Å². The second-order valence-corrected chi connectivity index (χ2v) is 6.44. The van der Waals surface area contributed by atoms with Crippen molar-refractivity contribution in [3.8, 4) is 0 Å². The van der Waals surface area contributed by atoms with Crippen LogP contribution in [-0.2, 0) is 14.3 Å². The van der Waals surface area contributed by atoms with Gasteiger partial charge in [0.25, 0.3) is 0 Å². The maximum Gasteiger partial charge on any atom is 0.414 e. The van der Waals surface area contributed by atoms with Crippen LogP contribution in [0.15, 0.2) is 12.3 Å². The van der Waals surface area contributed by atoms with Crippen LogP contribution in [0.5, 0.6) is 0 Å². The first kappa shape index (κ1) is 16.3. The fourth-order valence-corrected chi connectivity index (χ4v) is 2.35. The minimum absolute atomic E-state index is 0.357. The lowest BCUT2D eigenvalue weighted by Gasteiger charge is -2.34. The Morgan fingerprint density at radius 2 is 2.05 bits per heavy atom. The number of pyridine rings is 1. The Morgan fingerprint density at radius 1 is 1.36 bits per heavy atom. The number of aryl methyl sites for hydroxylation is 1. The third kappa shape index (κ3) is 3.75. The summed E-state index contributed by atoms with van der Waals surface area (Å²) < 4.78 is 10.7. The number of rotatable bonds is 1. The molecule has 0 saturated carbocycles. The van der Waals surface area contributed by atoms with E-state index < -0.39 is 17.8 Å². The molecular weight excluding hydrogens is 284 g/mol. The Hall–Kier alpha value is -2.11. The van der Waals surface area contributed by atoms with E-state index >= 15 is 0 Å². The quantitative estimate of drug-likeness (QED) is 0.746. The van der Waals surface area contributed by atoms with Gasteiger partial charge in [-0.1, -0.05) is 0 Å². The van der Waals surface area contributed by atoms with E-state index in [0.29, 0.717) is 24.3 Å². The molecule has 2 heterocycles. The number of amides is 1. The van der Waals surface area contributed by atoms with Crippen LogP contribution in [0.3, 0.4) is 0 Å². The summed E-state index contributed by atoms with van der Waals surface area (Å²) in [6, 6.07) is 1.86. The number of carbonyl (C=O) groups is 2. The molecule has 0 N–H and O–H groups in total. The summed E-state index contributed by atoms with van der Waals surface area (Å²) in [6.45, 7) is 9.17. The molecule has 1 aromatic rings. The minimum atomic E-state index is -0.568. The third-order valence-corrected chi connectivity index (χ3v) is 3.17. The monoisotopic (exact) mass is 306 g/mol. The van der Waals surface area contributed by atoms with Crippen molar-refractivity contribution in [1.82, 2.24) is 4.98 Å². The molecule has 1 amide bonds. The lowest BCUT2D eigenvalue weighted by molar-refractivity contribution is -0.147. The van der Waals surface area contributed by atoms with Crippen molar-refractivity contribution in [2.75, 3.05) is 11.4 Å². The van der Waals surface area contributed by atoms with Crippen molar-refractivity contribution in [3.05, 3.63) is 23.5 Å². The zero-order valence-electron chi connectivity index (χ0n) is 13.7. The van der Waals surface area contributed by atoms with Gasteiger partial charge in [0.2, 0.25) is 0 Å². The number of esters is 1. The van der Waals surface area contributed by atoms with E-state index in [9.17, 15) is 9.59 Å². The Morgan fingerprint density at radius 3 is 2.64 bits per heavy atom. The van der Waals surface area contributed by atoms with Gasteiger partial charge in [0.05, 0.1) is 5.69 Å². The van der Waals surface area contributed by atoms with Crippen LogP contribution in [0.2, 0.25) is 0 Å². The van der Waals surface area contributed by atoms with E-state index in [2.05, 4.69) is 4.98 Å². The third-order valence-electron chi connectivity index (χ3n) is 3.17. The summed E-state index contributed by atoms with van der Waals surface area (Å²) in [5.41, 5.74) is 1.60. The minimum Gasteiger partial charge on any atom is -0.456 e. The average molecular weight is 306 g/mol. The molecule has 0 bridgehead atoms. The van der Waals surface area contributed by atoms with Crippen LogP contribution in [0.1, 0.15) is 51.5 Å². The summed E-state index contributed by atoms with van der Waals surface area (Å²) in [5.74, 6) is -0.357. The Balaban J connectivity index is 2.34. The Kier molecular flexibility index (Phi) is 4.39. The van der Waals surface area contributed by atoms with Gasteiger partial charge in [-0.15, -0.1) is 0 Å². The van der Waals surface area contributed by atoms with E-state index in [1.807, 2.05) is 33.8 Å². The highest BCUT2D eigenvalue weighted by molar-refractivity contribution is 5.89. The largest absolute Gasteiger partial charge is 0.456 e. The fourth-order valence-electron chi connectivity index (χ4n) is 2.35. The summed E-state index contributed by atoms with van der Waals surface area (Å²) in [5, 5.41) is 0. The van der Waals surface area contributed by atoms with Crippen molar-refractivity contribution in [2.45, 2.75) is 52.7 Å². The van der Waals surface area contributed by atoms with Crippen LogP contribution < -0.4 is 4.90 Å². The van der Waals surface area contributed by atoms with Gasteiger partial charge in [0.15, 0.2) is 0 Å². The second-order valence-electron chi connectivity index (χ2n) is 6.44. The molecule has 0 radical (unpaired) electrons. The normalized spacial score (nSPS) is 17.7. The molecule has 1 aliphatic rings. The van der Waals surface area contributed by atoms with Gasteiger partial charge in [0, 0.05) is 26.1 Å². The molecule has 22 heavy (non-hydrogen) atoms. The molecule has 1 aliphatic heterocycles. The first-order valence-electron chi connectivity index (χ1n) is 7.31. The Labute approximate surface area is 130 Å². The van der Waals surface area contributed by atoms with E-state index in [4.69, 9.17) is 9.47 Å². The van der Waals surface area contributed by atoms with Crippen molar-refractivity contribution in [3.63, 3.8) is 0 Å². The van der Waals surface area contributed by atoms with Gasteiger partial charge < -0.3 is 9.47 Å². The SMILES string of the molecule is CC(=O)OC1CCN(C(=O)OC(C)(C)C)c2cc(C)cnc21. The van der Waals surface area contributed by atoms with Crippen molar-refractivity contribution < 1.29 is 19.1 Å². The molecule has 6 heteroatoms. The highest BCUT2D eigenvalue weighted by Crippen LogP contribution is 2.35. The van der Waals surface area contributed by atoms with Crippen LogP contribution in [0.25, 0.3) is 0 Å². The second kappa shape index (κ2) is 5.94. The summed E-state index contributed by atoms with van der Waals surface area (Å²) in [4.78, 5) is 29.5. The number of aromatic nitrogens is 1. The van der Waals surface area contributed by atoms with Gasteiger partial charge in [-0.25, -0.2) is 4.79 Å². The first-order valence-corrected chi connectivity index (χ1v) is 7.31. The van der Waals surface area contributed by atoms with Gasteiger partial charge in [-0.2, -0.15) is 0 Å². The molecule has 6 nitrogen and oxygen atoms in total. The molecular formula is C16H22N2O4. The lowest BCUT2D eigenvalue weighted by atomic mass is 10.0. The Bertz CT molecular complexity index is 592. The first-order chi connectivity index (χ1) is 10.2. The van der Waals surface area contributed by atoms with Crippen LogP contribution in [0.4, 0.5) is 10.5 Å². The van der Waals surface area contributed by atoms with Crippen molar-refractivity contribution >= 4 is 17.7 Å². The molecule has 0 aliphatic carbocycles. The smallest absolute Gasteiger partial charge is 0.414 e. The predicted molar refractivity (Wildman–Crippen MR) is 81.7 cm³/mol. The molecule has 0 saturated heterocycles. The average Bonchev–Trinajstić information content (AvgIpc) is 2.35. The van der Waals surface area contributed by atoms with Crippen LogP contribution in [0, 0.1) is 6.92 Å². The van der Waals surface area contributed by atoms with Crippen LogP contribution in [-0.4, -0.2) is 29.2 Å². The number of ether oxygens (including phenoxy) is 2. The van der Waals surface area contributed by atoms with E-state index in [1.165, 1.54) is 6.92 Å². The molecule has 0 aromatic carbocycles. The number of fused-ring (bicyclic) bond motifs is 1. The number of anilines is 1. The highest BCUT2D eigenvalue weighted by Gasteiger charge is 2.34. The molecule has 1 atom stereocenters. The van der Waals surface area contributed by atoms with Gasteiger partial charge in [-0.05, 0) is 39.3 Å². The summed E-state index contributed by atoms with van der Waals surface area (Å²) >= 11 is 0. The highest BCUT2D eigenvalue weighted by atomic mass is 16.6. The fraction of sp³-hybridized carbons (Fsp3) is 0.562. The molecule has 0 spiro atoms. The number of hydrogen-bond acceptors (Lipinski definition) is 5. The van der Waals surface area contributed by atoms with E-state index in [-0.39, 0.29) is 5.97 Å². The topological polar surface area (TPSA) is 68.7 Å². The molecule has 0 fully saturated rings. The lowest BCUT2D eigenvalue weighted by Crippen LogP contribution is -2.41. The van der Waals surface area contributed by atoms with Gasteiger partial charge in [-0.3, -0.25) is 14.7 Å². The number of hydrogen-bond donors (Lipinski definition) is 0. The zero-order chi connectivity index (χ0) is 16.5. The molecule has 120 valence electrons. The molecule has 1 aromatic heterocycles. The molecule has 1 unspecified atom stereocenters. The predicted octanol–water partition coefficient (Wildman–Crippen LogP) is 3.14. The standard InChI is InChI=1S/C16H22N2O4/c1-10-8-12-14(17-9-10)13(21-11(2)19)6-7-18(12)15(20)22-16(3,4)5/h8-9,13H,6-7H2,1-5H3. The summed E-state index contributed by atoms with van der Waals surface area (Å²) in [7, 11) is 0. The van der Waals surface area contributed by atoms with Gasteiger partial charge in [0.1, 0.15) is 17.4 Å². The number of nitrogens with zero attached hydrogens (tertiary/aromatic N) is 2. The van der Waals surface area contributed by atoms with Crippen LogP contribution >= 0.6 is 0 Å². The van der Waals surface area contributed by atoms with Crippen molar-refractivity contribution in [1.29, 1.82) is 0 Å². The summed E-state index contributed by atoms with van der Waals surface area (Å²) in [6.07, 6.45) is 1.37. The van der Waals surface area contributed by atoms with Gasteiger partial charge >= 0.3 is 12.1 Å². The number of carbonyl (C=O) groups excluding carboxylic acids is 2. The van der Waals surface area contributed by atoms with E-state index in [0.717, 1.165) is 5.56 Å². The maximum atomic E-state index is 12.4. The zero-order valence-corrected chi connectivity index (χ0v) is 13.7.